The number of aryl methyl sites for hydroxylation is 2. The minimum absolute atomic E-state index is 0.0629. The topological polar surface area (TPSA) is 65.0 Å². The molecule has 5 heteroatoms. The monoisotopic (exact) mass is 392 g/mol. The number of carbonyl (C=O) groups excluding carboxylic acids is 1. The maximum absolute atomic E-state index is 11.1. The van der Waals surface area contributed by atoms with E-state index in [0.29, 0.717) is 47.8 Å². The summed E-state index contributed by atoms with van der Waals surface area (Å²) in [5.74, 6) is 1.69. The van der Waals surface area contributed by atoms with Crippen molar-refractivity contribution in [2.24, 2.45) is 0 Å². The van der Waals surface area contributed by atoms with Crippen molar-refractivity contribution >= 4 is 6.29 Å². The minimum Gasteiger partial charge on any atom is -0.504 e. The Morgan fingerprint density at radius 3 is 2.28 bits per heavy atom. The van der Waals surface area contributed by atoms with Gasteiger partial charge in [0.2, 0.25) is 0 Å². The average molecular weight is 392 g/mol. The molecule has 0 saturated heterocycles. The summed E-state index contributed by atoms with van der Waals surface area (Å²) in [4.78, 5) is 11.1. The molecule has 0 amide bonds. The van der Waals surface area contributed by atoms with Gasteiger partial charge in [0.1, 0.15) is 12.9 Å². The van der Waals surface area contributed by atoms with Crippen LogP contribution in [0.5, 0.6) is 23.0 Å². The van der Waals surface area contributed by atoms with E-state index in [2.05, 4.69) is 0 Å². The number of carbonyl (C=O) groups is 1. The Morgan fingerprint density at radius 1 is 0.828 bits per heavy atom. The van der Waals surface area contributed by atoms with Crippen molar-refractivity contribution in [3.05, 3.63) is 82.9 Å². The summed E-state index contributed by atoms with van der Waals surface area (Å²) in [6.07, 6.45) is 1.96. The fourth-order valence-electron chi connectivity index (χ4n) is 3.10. The lowest BCUT2D eigenvalue weighted by Crippen LogP contribution is -2.00. The molecule has 0 aliphatic rings. The van der Waals surface area contributed by atoms with Crippen LogP contribution in [0.3, 0.4) is 0 Å². The third-order valence-corrected chi connectivity index (χ3v) is 4.68. The molecule has 1 N–H and O–H groups in total. The maximum Gasteiger partial charge on any atom is 0.161 e. The van der Waals surface area contributed by atoms with E-state index in [0.717, 1.165) is 17.4 Å². The van der Waals surface area contributed by atoms with Crippen LogP contribution in [0.25, 0.3) is 0 Å². The Balaban J connectivity index is 1.71. The summed E-state index contributed by atoms with van der Waals surface area (Å²) >= 11 is 0. The Labute approximate surface area is 170 Å². The molecule has 5 nitrogen and oxygen atoms in total. The zero-order valence-electron chi connectivity index (χ0n) is 16.6. The van der Waals surface area contributed by atoms with Crippen LogP contribution in [-0.2, 0) is 19.4 Å². The lowest BCUT2D eigenvalue weighted by atomic mass is 10.0. The summed E-state index contributed by atoms with van der Waals surface area (Å²) in [5, 5.41) is 10.3. The summed E-state index contributed by atoms with van der Waals surface area (Å²) in [6.45, 7) is 0.461. The second-order valence-corrected chi connectivity index (χ2v) is 6.61. The molecule has 3 rings (SSSR count). The number of ether oxygens (including phenoxy) is 3. The second kappa shape index (κ2) is 9.64. The maximum atomic E-state index is 11.1. The first-order valence-corrected chi connectivity index (χ1v) is 9.33. The highest BCUT2D eigenvalue weighted by molar-refractivity contribution is 5.77. The van der Waals surface area contributed by atoms with Crippen LogP contribution in [0.1, 0.15) is 27.0 Å². The predicted octanol–water partition coefficient (Wildman–Crippen LogP) is 4.59. The van der Waals surface area contributed by atoms with Gasteiger partial charge in [-0.25, -0.2) is 0 Å². The molecule has 0 aliphatic carbocycles. The van der Waals surface area contributed by atoms with Crippen LogP contribution < -0.4 is 14.2 Å². The summed E-state index contributed by atoms with van der Waals surface area (Å²) in [5.41, 5.74) is 3.24. The molecule has 0 saturated carbocycles. The van der Waals surface area contributed by atoms with Crippen molar-refractivity contribution in [1.82, 2.24) is 0 Å². The number of phenolic OH excluding ortho intramolecular Hbond substituents is 1. The van der Waals surface area contributed by atoms with Crippen LogP contribution >= 0.6 is 0 Å². The van der Waals surface area contributed by atoms with Crippen LogP contribution in [-0.4, -0.2) is 25.6 Å². The average Bonchev–Trinajstić information content (AvgIpc) is 2.77. The number of hydrogen-bond acceptors (Lipinski definition) is 5. The predicted molar refractivity (Wildman–Crippen MR) is 111 cm³/mol. The number of aromatic hydroxyl groups is 1. The second-order valence-electron chi connectivity index (χ2n) is 6.61. The van der Waals surface area contributed by atoms with Crippen molar-refractivity contribution in [3.8, 4) is 23.0 Å². The molecule has 3 aromatic carbocycles. The van der Waals surface area contributed by atoms with Crippen molar-refractivity contribution in [1.29, 1.82) is 0 Å². The lowest BCUT2D eigenvalue weighted by Gasteiger charge is -2.13. The molecule has 29 heavy (non-hydrogen) atoms. The molecular weight excluding hydrogens is 368 g/mol. The van der Waals surface area contributed by atoms with E-state index in [1.165, 1.54) is 13.2 Å². The van der Waals surface area contributed by atoms with Crippen molar-refractivity contribution in [2.75, 3.05) is 14.2 Å². The van der Waals surface area contributed by atoms with E-state index in [4.69, 9.17) is 14.2 Å². The molecule has 0 spiro atoms. The van der Waals surface area contributed by atoms with Gasteiger partial charge in [0.15, 0.2) is 23.0 Å². The molecule has 0 unspecified atom stereocenters. The zero-order chi connectivity index (χ0) is 20.6. The third-order valence-electron chi connectivity index (χ3n) is 4.68. The van der Waals surface area contributed by atoms with Gasteiger partial charge in [-0.1, -0.05) is 36.4 Å². The highest BCUT2D eigenvalue weighted by Gasteiger charge is 2.12. The van der Waals surface area contributed by atoms with E-state index in [-0.39, 0.29) is 5.75 Å². The van der Waals surface area contributed by atoms with Crippen molar-refractivity contribution < 1.29 is 24.1 Å². The molecule has 150 valence electrons. The molecule has 0 aliphatic heterocycles. The number of methoxy groups -OCH3 is 2. The Kier molecular flexibility index (Phi) is 6.74. The van der Waals surface area contributed by atoms with Crippen molar-refractivity contribution in [2.45, 2.75) is 19.4 Å². The molecule has 0 atom stereocenters. The van der Waals surface area contributed by atoms with Gasteiger partial charge in [0.25, 0.3) is 0 Å². The quantitative estimate of drug-likeness (QED) is 0.540. The number of rotatable bonds is 9. The van der Waals surface area contributed by atoms with Crippen LogP contribution in [0, 0.1) is 0 Å². The lowest BCUT2D eigenvalue weighted by molar-refractivity contribution is 0.112. The Bertz CT molecular complexity index is 967. The summed E-state index contributed by atoms with van der Waals surface area (Å²) in [6, 6.07) is 18.9. The van der Waals surface area contributed by atoms with Gasteiger partial charge in [-0.05, 0) is 53.8 Å². The highest BCUT2D eigenvalue weighted by Crippen LogP contribution is 2.33. The van der Waals surface area contributed by atoms with E-state index >= 15 is 0 Å². The van der Waals surface area contributed by atoms with Gasteiger partial charge in [-0.15, -0.1) is 0 Å². The number of aldehydes is 1. The van der Waals surface area contributed by atoms with Gasteiger partial charge < -0.3 is 19.3 Å². The molecule has 0 radical (unpaired) electrons. The number of hydrogen-bond donors (Lipinski definition) is 1. The zero-order valence-corrected chi connectivity index (χ0v) is 16.6. The normalized spacial score (nSPS) is 10.4. The minimum atomic E-state index is 0.0629. The van der Waals surface area contributed by atoms with E-state index in [1.807, 2.05) is 48.5 Å². The first-order chi connectivity index (χ1) is 14.1. The van der Waals surface area contributed by atoms with Gasteiger partial charge in [0.05, 0.1) is 14.2 Å². The highest BCUT2D eigenvalue weighted by atomic mass is 16.5. The van der Waals surface area contributed by atoms with Gasteiger partial charge in [0, 0.05) is 5.56 Å². The largest absolute Gasteiger partial charge is 0.504 e. The summed E-state index contributed by atoms with van der Waals surface area (Å²) < 4.78 is 16.5. The number of benzene rings is 3. The first-order valence-electron chi connectivity index (χ1n) is 9.33. The molecule has 0 fully saturated rings. The number of phenols is 1. The van der Waals surface area contributed by atoms with E-state index in [1.54, 1.807) is 13.2 Å². The van der Waals surface area contributed by atoms with E-state index in [9.17, 15) is 9.90 Å². The molecule has 0 aromatic heterocycles. The smallest absolute Gasteiger partial charge is 0.161 e. The Hall–Kier alpha value is -3.47. The molecule has 3 aromatic rings. The van der Waals surface area contributed by atoms with Gasteiger partial charge in [-0.2, -0.15) is 0 Å². The molecule has 0 heterocycles. The SMILES string of the molecule is COc1cc(CCc2cc(C=O)cc(OC)c2O)ccc1OCc1ccccc1. The summed E-state index contributed by atoms with van der Waals surface area (Å²) in [7, 11) is 3.07. The Morgan fingerprint density at radius 2 is 1.59 bits per heavy atom. The molecular formula is C24H24O5. The fourth-order valence-corrected chi connectivity index (χ4v) is 3.10. The first kappa shape index (κ1) is 20.3. The van der Waals surface area contributed by atoms with Crippen LogP contribution in [0.15, 0.2) is 60.7 Å². The van der Waals surface area contributed by atoms with Crippen molar-refractivity contribution in [3.63, 3.8) is 0 Å². The van der Waals surface area contributed by atoms with Gasteiger partial charge >= 0.3 is 0 Å². The van der Waals surface area contributed by atoms with E-state index < -0.39 is 0 Å². The molecule has 0 bridgehead atoms. The fraction of sp³-hybridized carbons (Fsp3) is 0.208. The standard InChI is InChI=1S/C24H24O5/c1-27-22-13-17(9-11-21(22)29-16-18-6-4-3-5-7-18)8-10-20-12-19(15-25)14-23(28-2)24(20)26/h3-7,9,11-15,26H,8,10,16H2,1-2H3. The van der Waals surface area contributed by atoms with Crippen LogP contribution in [0.2, 0.25) is 0 Å². The van der Waals surface area contributed by atoms with Gasteiger partial charge in [-0.3, -0.25) is 4.79 Å². The van der Waals surface area contributed by atoms with Crippen LogP contribution in [0.4, 0.5) is 0 Å². The third kappa shape index (κ3) is 5.08.